The number of alkyl halides is 1. The second-order valence-corrected chi connectivity index (χ2v) is 17.2. The molecule has 2 amide bonds. The van der Waals surface area contributed by atoms with Crippen molar-refractivity contribution in [3.05, 3.63) is 52.2 Å². The molecule has 2 aliphatic heterocycles. The highest BCUT2D eigenvalue weighted by atomic mass is 35.5. The Morgan fingerprint density at radius 3 is 2.26 bits per heavy atom. The maximum Gasteiger partial charge on any atom is 0.413 e. The van der Waals surface area contributed by atoms with Crippen molar-refractivity contribution in [3.8, 4) is 5.75 Å². The fourth-order valence-electron chi connectivity index (χ4n) is 5.00. The number of rotatable bonds is 13. The van der Waals surface area contributed by atoms with Crippen molar-refractivity contribution in [1.82, 2.24) is 9.88 Å². The minimum Gasteiger partial charge on any atom is -0.497 e. The highest BCUT2D eigenvalue weighted by molar-refractivity contribution is 7.86. The van der Waals surface area contributed by atoms with Gasteiger partial charge in [-0.05, 0) is 78.7 Å². The molecule has 0 bridgehead atoms. The summed E-state index contributed by atoms with van der Waals surface area (Å²) in [5, 5.41) is 6.96. The van der Waals surface area contributed by atoms with Crippen LogP contribution in [0.2, 0.25) is 0 Å². The standard InChI is InChI=1S/C35H43ClN4O11S2/c1-33(2,3)49-30(44)35(7,8)51-39-25(23-17-52-31(37-23)38-32(45)50-34(4,5)6)24(41)14-22-27(42)40-26(20(15-36)18-53(46)28(22)40)29(43)48-16-19-10-12-21(47-9)13-11-19/h10-13,17,22,28H,14-16,18H2,1-9H3,(H,37,38,45)/b39-25-/t22-,28-,53?/m1/s1. The molecule has 1 saturated heterocycles. The van der Waals surface area contributed by atoms with E-state index in [0.29, 0.717) is 11.3 Å². The number of nitrogens with one attached hydrogen (secondary N) is 1. The molecule has 2 aliphatic rings. The Hall–Kier alpha value is -4.35. The number of β-lactam (4-membered cyclic amide) rings is 1. The molecule has 1 aromatic heterocycles. The number of methoxy groups -OCH3 is 1. The predicted octanol–water partition coefficient (Wildman–Crippen LogP) is 5.08. The van der Waals surface area contributed by atoms with Gasteiger partial charge in [-0.2, -0.15) is 0 Å². The zero-order valence-corrected chi connectivity index (χ0v) is 33.3. The number of thiazole rings is 1. The lowest BCUT2D eigenvalue weighted by molar-refractivity contribution is -0.179. The number of oxime groups is 1. The smallest absolute Gasteiger partial charge is 0.413 e. The van der Waals surface area contributed by atoms with Crippen LogP contribution in [-0.4, -0.2) is 90.4 Å². The summed E-state index contributed by atoms with van der Waals surface area (Å²) in [4.78, 5) is 77.2. The van der Waals surface area contributed by atoms with E-state index in [-0.39, 0.29) is 46.0 Å². The van der Waals surface area contributed by atoms with Crippen LogP contribution in [0.1, 0.15) is 73.1 Å². The lowest BCUT2D eigenvalue weighted by Gasteiger charge is -2.49. The van der Waals surface area contributed by atoms with E-state index in [0.717, 1.165) is 16.2 Å². The third-order valence-corrected chi connectivity index (χ3v) is 10.3. The number of hydrogen-bond donors (Lipinski definition) is 1. The molecule has 18 heteroatoms. The van der Waals surface area contributed by atoms with E-state index in [9.17, 15) is 28.2 Å². The summed E-state index contributed by atoms with van der Waals surface area (Å²) in [7, 11) is -0.200. The van der Waals surface area contributed by atoms with Gasteiger partial charge in [0.05, 0.1) is 18.8 Å². The van der Waals surface area contributed by atoms with Crippen LogP contribution in [0.4, 0.5) is 9.93 Å². The van der Waals surface area contributed by atoms with E-state index < -0.39 is 75.0 Å². The van der Waals surface area contributed by atoms with E-state index in [2.05, 4.69) is 15.5 Å². The predicted molar refractivity (Wildman–Crippen MR) is 197 cm³/mol. The van der Waals surface area contributed by atoms with Gasteiger partial charge < -0.3 is 23.8 Å². The zero-order valence-electron chi connectivity index (χ0n) is 30.9. The third kappa shape index (κ3) is 10.4. The summed E-state index contributed by atoms with van der Waals surface area (Å²) >= 11 is 7.10. The van der Waals surface area contributed by atoms with Gasteiger partial charge >= 0.3 is 18.0 Å². The molecule has 15 nitrogen and oxygen atoms in total. The van der Waals surface area contributed by atoms with E-state index in [4.69, 9.17) is 35.4 Å². The molecule has 1 N–H and O–H groups in total. The number of fused-ring (bicyclic) bond motifs is 1. The molecular weight excluding hydrogens is 752 g/mol. The average molecular weight is 795 g/mol. The second-order valence-electron chi connectivity index (χ2n) is 14.6. The van der Waals surface area contributed by atoms with Gasteiger partial charge in [0.1, 0.15) is 40.3 Å². The molecule has 53 heavy (non-hydrogen) atoms. The number of hydrogen-bond acceptors (Lipinski definition) is 14. The Balaban J connectivity index is 1.58. The molecular formula is C35H43ClN4O11S2. The van der Waals surface area contributed by atoms with E-state index in [1.807, 2.05) is 0 Å². The monoisotopic (exact) mass is 794 g/mol. The van der Waals surface area contributed by atoms with Crippen LogP contribution in [0.3, 0.4) is 0 Å². The fraction of sp³-hybridized carbons (Fsp3) is 0.514. The van der Waals surface area contributed by atoms with Crippen LogP contribution >= 0.6 is 22.9 Å². The molecule has 2 aromatic rings. The van der Waals surface area contributed by atoms with E-state index in [1.54, 1.807) is 65.8 Å². The summed E-state index contributed by atoms with van der Waals surface area (Å²) in [5.41, 5.74) is -2.88. The first-order valence-electron chi connectivity index (χ1n) is 16.4. The van der Waals surface area contributed by atoms with Gasteiger partial charge in [-0.15, -0.1) is 22.9 Å². The highest BCUT2D eigenvalue weighted by Gasteiger charge is 2.57. The lowest BCUT2D eigenvalue weighted by atomic mass is 9.89. The van der Waals surface area contributed by atoms with Gasteiger partial charge in [-0.3, -0.25) is 24.0 Å². The number of nitrogens with zero attached hydrogens (tertiary/aromatic N) is 3. The van der Waals surface area contributed by atoms with Crippen molar-refractivity contribution >= 4 is 74.3 Å². The topological polar surface area (TPSA) is 189 Å². The summed E-state index contributed by atoms with van der Waals surface area (Å²) in [6, 6.07) is 6.85. The number of benzene rings is 1. The number of halogens is 1. The molecule has 0 saturated carbocycles. The number of esters is 2. The van der Waals surface area contributed by atoms with Crippen molar-refractivity contribution in [2.45, 2.75) is 90.6 Å². The molecule has 3 heterocycles. The van der Waals surface area contributed by atoms with Gasteiger partial charge in [-0.1, -0.05) is 17.3 Å². The summed E-state index contributed by atoms with van der Waals surface area (Å²) in [5.74, 6) is -3.77. The average Bonchev–Trinajstić information content (AvgIpc) is 3.51. The van der Waals surface area contributed by atoms with E-state index in [1.165, 1.54) is 26.3 Å². The van der Waals surface area contributed by atoms with Crippen LogP contribution in [-0.2, 0) is 55.6 Å². The molecule has 1 unspecified atom stereocenters. The molecule has 3 atom stereocenters. The number of carbonyl (C=O) groups excluding carboxylic acids is 5. The normalized spacial score (nSPS) is 19.1. The molecule has 0 spiro atoms. The van der Waals surface area contributed by atoms with Crippen LogP contribution in [0.5, 0.6) is 5.75 Å². The number of ketones is 1. The number of Topliss-reactive ketones (excluding diaryl/α,β-unsaturated/α-hetero) is 1. The van der Waals surface area contributed by atoms with Crippen LogP contribution in [0, 0.1) is 5.92 Å². The summed E-state index contributed by atoms with van der Waals surface area (Å²) < 4.78 is 34.8. The van der Waals surface area contributed by atoms with Crippen LogP contribution < -0.4 is 10.1 Å². The van der Waals surface area contributed by atoms with Crippen LogP contribution in [0.25, 0.3) is 0 Å². The largest absolute Gasteiger partial charge is 0.497 e. The van der Waals surface area contributed by atoms with Gasteiger partial charge in [0.2, 0.25) is 11.5 Å². The molecule has 4 rings (SSSR count). The first-order valence-corrected chi connectivity index (χ1v) is 19.2. The molecule has 1 aromatic carbocycles. The maximum atomic E-state index is 14.0. The first-order chi connectivity index (χ1) is 24.6. The number of aromatic nitrogens is 1. The van der Waals surface area contributed by atoms with Gasteiger partial charge in [0.25, 0.3) is 0 Å². The van der Waals surface area contributed by atoms with Crippen molar-refractivity contribution in [2.24, 2.45) is 11.1 Å². The summed E-state index contributed by atoms with van der Waals surface area (Å²) in [6.45, 7) is 12.8. The van der Waals surface area contributed by atoms with Crippen molar-refractivity contribution in [1.29, 1.82) is 0 Å². The molecule has 0 aliphatic carbocycles. The van der Waals surface area contributed by atoms with Gasteiger partial charge in [0, 0.05) is 28.5 Å². The quantitative estimate of drug-likeness (QED) is 0.0708. The van der Waals surface area contributed by atoms with Gasteiger partial charge in [-0.25, -0.2) is 19.4 Å². The zero-order chi connectivity index (χ0) is 39.5. The molecule has 1 fully saturated rings. The Labute approximate surface area is 318 Å². The lowest BCUT2D eigenvalue weighted by Crippen LogP contribution is -2.66. The fourth-order valence-corrected chi connectivity index (χ4v) is 7.79. The third-order valence-electron chi connectivity index (χ3n) is 7.48. The molecule has 288 valence electrons. The SMILES string of the molecule is COc1ccc(COC(=O)C2=C(CCl)CS(=O)[C@@H]3[C@H](CC(=O)/C(=N\OC(C)(C)C(=O)OC(C)(C)C)c4csc(NC(=O)OC(C)(C)C)n4)C(=O)N23)cc1. The highest BCUT2D eigenvalue weighted by Crippen LogP contribution is 2.41. The first kappa shape index (κ1) is 41.4. The minimum absolute atomic E-state index is 0.0356. The Morgan fingerprint density at radius 2 is 1.68 bits per heavy atom. The van der Waals surface area contributed by atoms with Crippen molar-refractivity contribution < 1.29 is 52.0 Å². The number of anilines is 1. The van der Waals surface area contributed by atoms with Crippen molar-refractivity contribution in [2.75, 3.05) is 24.1 Å². The van der Waals surface area contributed by atoms with E-state index >= 15 is 0 Å². The van der Waals surface area contributed by atoms with Gasteiger partial charge in [0.15, 0.2) is 16.6 Å². The number of amides is 2. The summed E-state index contributed by atoms with van der Waals surface area (Å²) in [6.07, 6.45) is -1.29. The Morgan fingerprint density at radius 1 is 1.04 bits per heavy atom. The molecule has 0 radical (unpaired) electrons. The van der Waals surface area contributed by atoms with Crippen LogP contribution in [0.15, 0.2) is 46.1 Å². The second kappa shape index (κ2) is 16.3. The van der Waals surface area contributed by atoms with Crippen molar-refractivity contribution in [3.63, 3.8) is 0 Å². The minimum atomic E-state index is -1.73. The Kier molecular flexibility index (Phi) is 12.8. The Bertz CT molecular complexity index is 1840. The number of carbonyl (C=O) groups is 5. The maximum absolute atomic E-state index is 14.0. The number of ether oxygens (including phenoxy) is 4.